The average molecular weight is 483 g/mol. The third-order valence-corrected chi connectivity index (χ3v) is 6.03. The van der Waals surface area contributed by atoms with Gasteiger partial charge in [0.15, 0.2) is 5.78 Å². The number of esters is 1. The number of hydrogen-bond acceptors (Lipinski definition) is 6. The first-order chi connectivity index (χ1) is 17.0. The van der Waals surface area contributed by atoms with E-state index < -0.39 is 0 Å². The number of carbonyl (C=O) groups excluding carboxylic acids is 2. The van der Waals surface area contributed by atoms with Crippen molar-refractivity contribution in [2.45, 2.75) is 46.5 Å². The van der Waals surface area contributed by atoms with Crippen LogP contribution in [0.5, 0.6) is 5.75 Å². The summed E-state index contributed by atoms with van der Waals surface area (Å²) in [7, 11) is 0. The molecule has 0 amide bonds. The van der Waals surface area contributed by atoms with E-state index in [-0.39, 0.29) is 11.8 Å². The minimum absolute atomic E-state index is 0.174. The lowest BCUT2D eigenvalue weighted by Crippen LogP contribution is -2.47. The van der Waals surface area contributed by atoms with Crippen LogP contribution in [0, 0.1) is 0 Å². The van der Waals surface area contributed by atoms with E-state index in [4.69, 9.17) is 9.47 Å². The van der Waals surface area contributed by atoms with Crippen LogP contribution < -0.4 is 4.74 Å². The summed E-state index contributed by atoms with van der Waals surface area (Å²) < 4.78 is 10.6. The van der Waals surface area contributed by atoms with Gasteiger partial charge in [0.1, 0.15) is 12.4 Å². The molecule has 1 fully saturated rings. The molecule has 0 saturated carbocycles. The van der Waals surface area contributed by atoms with E-state index in [2.05, 4.69) is 47.9 Å². The highest BCUT2D eigenvalue weighted by molar-refractivity contribution is 5.96. The Balaban J connectivity index is 0.000000456. The van der Waals surface area contributed by atoms with Crippen molar-refractivity contribution < 1.29 is 19.1 Å². The highest BCUT2D eigenvalue weighted by Gasteiger charge is 2.18. The van der Waals surface area contributed by atoms with Crippen LogP contribution in [0.15, 0.2) is 54.6 Å². The number of ether oxygens (including phenoxy) is 2. The fourth-order valence-electron chi connectivity index (χ4n) is 3.74. The number of ketones is 1. The van der Waals surface area contributed by atoms with E-state index in [0.717, 1.165) is 76.5 Å². The van der Waals surface area contributed by atoms with E-state index in [0.29, 0.717) is 13.0 Å². The van der Waals surface area contributed by atoms with Gasteiger partial charge in [0.25, 0.3) is 0 Å². The van der Waals surface area contributed by atoms with Gasteiger partial charge in [-0.3, -0.25) is 14.5 Å². The molecular weight excluding hydrogens is 440 g/mol. The van der Waals surface area contributed by atoms with Gasteiger partial charge in [0, 0.05) is 58.2 Å². The van der Waals surface area contributed by atoms with Crippen molar-refractivity contribution in [3.63, 3.8) is 0 Å². The summed E-state index contributed by atoms with van der Waals surface area (Å²) in [5.74, 6) is 0.768. The van der Waals surface area contributed by atoms with E-state index in [1.165, 1.54) is 12.5 Å². The Morgan fingerprint density at radius 1 is 0.829 bits per heavy atom. The van der Waals surface area contributed by atoms with Crippen molar-refractivity contribution in [2.24, 2.45) is 0 Å². The summed E-state index contributed by atoms with van der Waals surface area (Å²) in [4.78, 5) is 27.8. The molecule has 1 aliphatic heterocycles. The molecule has 2 aromatic carbocycles. The normalized spacial score (nSPS) is 14.0. The highest BCUT2D eigenvalue weighted by atomic mass is 16.5. The first-order valence-corrected chi connectivity index (χ1v) is 12.9. The summed E-state index contributed by atoms with van der Waals surface area (Å²) in [6.07, 6.45) is 3.82. The third kappa shape index (κ3) is 12.0. The molecule has 1 heterocycles. The third-order valence-electron chi connectivity index (χ3n) is 6.03. The molecule has 35 heavy (non-hydrogen) atoms. The monoisotopic (exact) mass is 482 g/mol. The van der Waals surface area contributed by atoms with Gasteiger partial charge in [0.2, 0.25) is 0 Å². The predicted octanol–water partition coefficient (Wildman–Crippen LogP) is 4.87. The molecule has 0 unspecified atom stereocenters. The summed E-state index contributed by atoms with van der Waals surface area (Å²) in [5, 5.41) is 0. The molecule has 3 rings (SSSR count). The SMILES string of the molecule is CCCCOc1ccc(C(=O)CCN2CCN(CCOC(C)=O)CC2)cc1.CCc1ccccc1. The van der Waals surface area contributed by atoms with E-state index >= 15 is 0 Å². The molecule has 0 aromatic heterocycles. The van der Waals surface area contributed by atoms with Crippen molar-refractivity contribution in [1.29, 1.82) is 0 Å². The first-order valence-electron chi connectivity index (χ1n) is 12.9. The molecule has 6 nitrogen and oxygen atoms in total. The van der Waals surface area contributed by atoms with Gasteiger partial charge in [-0.2, -0.15) is 0 Å². The second kappa shape index (κ2) is 16.8. The van der Waals surface area contributed by atoms with Crippen molar-refractivity contribution in [3.05, 3.63) is 65.7 Å². The maximum atomic E-state index is 12.4. The molecule has 1 saturated heterocycles. The number of rotatable bonds is 12. The number of aryl methyl sites for hydroxylation is 1. The molecule has 1 aliphatic rings. The molecule has 0 aliphatic carbocycles. The Bertz CT molecular complexity index is 847. The number of nitrogens with zero attached hydrogens (tertiary/aromatic N) is 2. The van der Waals surface area contributed by atoms with Crippen LogP contribution >= 0.6 is 0 Å². The van der Waals surface area contributed by atoms with Crippen LogP contribution in [-0.4, -0.2) is 74.0 Å². The maximum absolute atomic E-state index is 12.4. The predicted molar refractivity (Wildman–Crippen MR) is 141 cm³/mol. The second-order valence-corrected chi connectivity index (χ2v) is 8.76. The number of carbonyl (C=O) groups is 2. The van der Waals surface area contributed by atoms with Crippen LogP contribution in [0.4, 0.5) is 0 Å². The summed E-state index contributed by atoms with van der Waals surface area (Å²) in [5.41, 5.74) is 2.16. The van der Waals surface area contributed by atoms with Gasteiger partial charge in [-0.15, -0.1) is 0 Å². The van der Waals surface area contributed by atoms with Crippen LogP contribution in [0.3, 0.4) is 0 Å². The van der Waals surface area contributed by atoms with E-state index in [1.807, 2.05) is 30.3 Å². The van der Waals surface area contributed by atoms with Crippen LogP contribution in [-0.2, 0) is 16.0 Å². The molecule has 0 bridgehead atoms. The Hall–Kier alpha value is -2.70. The van der Waals surface area contributed by atoms with Crippen molar-refractivity contribution in [3.8, 4) is 5.75 Å². The Labute approximate surface area is 211 Å². The summed E-state index contributed by atoms with van der Waals surface area (Å²) in [6, 6.07) is 17.9. The largest absolute Gasteiger partial charge is 0.494 e. The first kappa shape index (κ1) is 28.5. The Kier molecular flexibility index (Phi) is 13.7. The topological polar surface area (TPSA) is 59.1 Å². The zero-order chi connectivity index (χ0) is 25.3. The quantitative estimate of drug-likeness (QED) is 0.244. The smallest absolute Gasteiger partial charge is 0.302 e. The fourth-order valence-corrected chi connectivity index (χ4v) is 3.74. The zero-order valence-corrected chi connectivity index (χ0v) is 21.7. The minimum atomic E-state index is -0.229. The maximum Gasteiger partial charge on any atom is 0.302 e. The van der Waals surface area contributed by atoms with Crippen LogP contribution in [0.25, 0.3) is 0 Å². The molecule has 0 N–H and O–H groups in total. The van der Waals surface area contributed by atoms with Gasteiger partial charge >= 0.3 is 5.97 Å². The number of unbranched alkanes of at least 4 members (excludes halogenated alkanes) is 1. The fraction of sp³-hybridized carbons (Fsp3) is 0.517. The molecule has 2 aromatic rings. The van der Waals surface area contributed by atoms with Gasteiger partial charge < -0.3 is 14.4 Å². The number of benzene rings is 2. The lowest BCUT2D eigenvalue weighted by molar-refractivity contribution is -0.141. The van der Waals surface area contributed by atoms with Crippen LogP contribution in [0.2, 0.25) is 0 Å². The zero-order valence-electron chi connectivity index (χ0n) is 21.7. The van der Waals surface area contributed by atoms with Gasteiger partial charge in [0.05, 0.1) is 6.61 Å². The summed E-state index contributed by atoms with van der Waals surface area (Å²) in [6.45, 7) is 12.2. The molecule has 0 spiro atoms. The molecule has 0 radical (unpaired) electrons. The van der Waals surface area contributed by atoms with Crippen molar-refractivity contribution in [2.75, 3.05) is 52.5 Å². The van der Waals surface area contributed by atoms with Crippen molar-refractivity contribution in [1.82, 2.24) is 9.80 Å². The van der Waals surface area contributed by atoms with Gasteiger partial charge in [-0.1, -0.05) is 50.6 Å². The van der Waals surface area contributed by atoms with Gasteiger partial charge in [-0.05, 0) is 42.7 Å². The highest BCUT2D eigenvalue weighted by Crippen LogP contribution is 2.14. The van der Waals surface area contributed by atoms with E-state index in [1.54, 1.807) is 0 Å². The Morgan fingerprint density at radius 3 is 2.00 bits per heavy atom. The lowest BCUT2D eigenvalue weighted by Gasteiger charge is -2.34. The average Bonchev–Trinajstić information content (AvgIpc) is 2.89. The number of piperazine rings is 1. The number of Topliss-reactive ketones (excluding diaryl/α,β-unsaturated/α-hetero) is 1. The van der Waals surface area contributed by atoms with Crippen molar-refractivity contribution >= 4 is 11.8 Å². The van der Waals surface area contributed by atoms with Crippen LogP contribution in [0.1, 0.15) is 56.0 Å². The minimum Gasteiger partial charge on any atom is -0.494 e. The standard InChI is InChI=1S/C21H32N2O4.C8H10/c1-3-4-16-27-20-7-5-19(6-8-20)21(25)9-10-22-11-13-23(14-12-22)15-17-26-18(2)24;1-2-8-6-4-3-5-7-8/h5-8H,3-4,9-17H2,1-2H3;3-7H,2H2,1H3. The second-order valence-electron chi connectivity index (χ2n) is 8.76. The molecule has 192 valence electrons. The molecule has 6 heteroatoms. The molecular formula is C29H42N2O4. The van der Waals surface area contributed by atoms with E-state index in [9.17, 15) is 9.59 Å². The summed E-state index contributed by atoms with van der Waals surface area (Å²) >= 11 is 0. The lowest BCUT2D eigenvalue weighted by atomic mass is 10.1. The Morgan fingerprint density at radius 2 is 1.46 bits per heavy atom. The number of hydrogen-bond donors (Lipinski definition) is 0. The molecule has 0 atom stereocenters. The van der Waals surface area contributed by atoms with Gasteiger partial charge in [-0.25, -0.2) is 0 Å².